The number of halogens is 2. The maximum Gasteiger partial charge on any atom is 0.163 e. The van der Waals surface area contributed by atoms with Crippen LogP contribution in [0, 0.1) is 11.6 Å². The summed E-state index contributed by atoms with van der Waals surface area (Å²) >= 11 is 0. The van der Waals surface area contributed by atoms with Crippen LogP contribution in [0.5, 0.6) is 0 Å². The summed E-state index contributed by atoms with van der Waals surface area (Å²) in [5, 5.41) is 3.03. The summed E-state index contributed by atoms with van der Waals surface area (Å²) in [7, 11) is 3.68. The molecule has 0 aliphatic rings. The molecule has 0 saturated heterocycles. The molecular weight excluding hydrogens is 262 g/mol. The second-order valence-corrected chi connectivity index (χ2v) is 5.17. The highest BCUT2D eigenvalue weighted by molar-refractivity contribution is 5.22. The fourth-order valence-corrected chi connectivity index (χ4v) is 1.98. The first-order valence-electron chi connectivity index (χ1n) is 6.87. The molecule has 0 saturated carbocycles. The molecule has 0 aromatic heterocycles. The second kappa shape index (κ2) is 8.29. The number of benzene rings is 1. The Morgan fingerprint density at radius 2 is 2.00 bits per heavy atom. The Bertz CT molecular complexity index is 413. The van der Waals surface area contributed by atoms with Gasteiger partial charge in [0.25, 0.3) is 0 Å². The Morgan fingerprint density at radius 3 is 2.60 bits per heavy atom. The van der Waals surface area contributed by atoms with Crippen LogP contribution < -0.4 is 5.32 Å². The van der Waals surface area contributed by atoms with E-state index in [1.807, 2.05) is 25.8 Å². The van der Waals surface area contributed by atoms with E-state index in [1.165, 1.54) is 6.07 Å². The topological polar surface area (TPSA) is 24.5 Å². The molecule has 0 aliphatic heterocycles. The number of rotatable bonds is 8. The third kappa shape index (κ3) is 5.15. The lowest BCUT2D eigenvalue weighted by atomic mass is 10.1. The van der Waals surface area contributed by atoms with Gasteiger partial charge in [0, 0.05) is 24.7 Å². The van der Waals surface area contributed by atoms with Crippen molar-refractivity contribution < 1.29 is 13.5 Å². The van der Waals surface area contributed by atoms with E-state index in [2.05, 4.69) is 5.32 Å². The van der Waals surface area contributed by atoms with Crippen LogP contribution >= 0.6 is 0 Å². The first kappa shape index (κ1) is 17.0. The average molecular weight is 286 g/mol. The van der Waals surface area contributed by atoms with Crippen molar-refractivity contribution in [3.05, 3.63) is 35.4 Å². The fraction of sp³-hybridized carbons (Fsp3) is 0.600. The van der Waals surface area contributed by atoms with Gasteiger partial charge in [0.15, 0.2) is 11.6 Å². The van der Waals surface area contributed by atoms with E-state index < -0.39 is 11.6 Å². The molecule has 114 valence electrons. The monoisotopic (exact) mass is 286 g/mol. The molecule has 1 aromatic carbocycles. The van der Waals surface area contributed by atoms with Crippen LogP contribution in [-0.4, -0.2) is 44.8 Å². The van der Waals surface area contributed by atoms with Crippen LogP contribution in [0.15, 0.2) is 18.2 Å². The third-order valence-corrected chi connectivity index (χ3v) is 3.12. The van der Waals surface area contributed by atoms with Crippen molar-refractivity contribution in [2.24, 2.45) is 0 Å². The van der Waals surface area contributed by atoms with Gasteiger partial charge in [-0.05, 0) is 34.0 Å². The minimum atomic E-state index is -0.812. The maximum atomic E-state index is 13.8. The van der Waals surface area contributed by atoms with Gasteiger partial charge in [-0.3, -0.25) is 0 Å². The largest absolute Gasteiger partial charge is 0.377 e. The molecule has 0 radical (unpaired) electrons. The average Bonchev–Trinajstić information content (AvgIpc) is 2.39. The van der Waals surface area contributed by atoms with Gasteiger partial charge in [-0.15, -0.1) is 0 Å². The number of hydrogen-bond acceptors (Lipinski definition) is 3. The van der Waals surface area contributed by atoms with Gasteiger partial charge >= 0.3 is 0 Å². The molecule has 0 bridgehead atoms. The van der Waals surface area contributed by atoms with E-state index in [-0.39, 0.29) is 12.1 Å². The number of hydrogen-bond donors (Lipinski definition) is 1. The summed E-state index contributed by atoms with van der Waals surface area (Å²) in [6, 6.07) is 4.01. The van der Waals surface area contributed by atoms with Crippen molar-refractivity contribution in [3.8, 4) is 0 Å². The predicted octanol–water partition coefficient (Wildman–Crippen LogP) is 2.58. The smallest absolute Gasteiger partial charge is 0.163 e. The SMILES string of the molecule is CNC(CN(C)CCOC(C)C)c1cccc(F)c1F. The third-order valence-electron chi connectivity index (χ3n) is 3.12. The van der Waals surface area contributed by atoms with Gasteiger partial charge in [0.1, 0.15) is 0 Å². The van der Waals surface area contributed by atoms with Crippen molar-refractivity contribution in [2.75, 3.05) is 33.8 Å². The Labute approximate surface area is 119 Å². The lowest BCUT2D eigenvalue weighted by Gasteiger charge is -2.24. The van der Waals surface area contributed by atoms with E-state index in [0.29, 0.717) is 18.7 Å². The Hall–Kier alpha value is -1.04. The van der Waals surface area contributed by atoms with Crippen molar-refractivity contribution in [3.63, 3.8) is 0 Å². The van der Waals surface area contributed by atoms with Crippen LogP contribution in [0.25, 0.3) is 0 Å². The first-order valence-corrected chi connectivity index (χ1v) is 6.87. The Morgan fingerprint density at radius 1 is 1.30 bits per heavy atom. The Balaban J connectivity index is 2.60. The van der Waals surface area contributed by atoms with E-state index in [0.717, 1.165) is 12.6 Å². The second-order valence-electron chi connectivity index (χ2n) is 5.17. The molecule has 0 fully saturated rings. The molecule has 20 heavy (non-hydrogen) atoms. The molecule has 1 atom stereocenters. The Kier molecular flexibility index (Phi) is 7.05. The van der Waals surface area contributed by atoms with Crippen molar-refractivity contribution in [1.29, 1.82) is 0 Å². The lowest BCUT2D eigenvalue weighted by Crippen LogP contribution is -2.34. The van der Waals surface area contributed by atoms with Gasteiger partial charge in [-0.2, -0.15) is 0 Å². The molecule has 0 spiro atoms. The molecule has 1 N–H and O–H groups in total. The molecule has 1 aromatic rings. The van der Waals surface area contributed by atoms with Gasteiger partial charge < -0.3 is 15.0 Å². The van der Waals surface area contributed by atoms with Crippen molar-refractivity contribution in [2.45, 2.75) is 26.0 Å². The number of nitrogens with one attached hydrogen (secondary N) is 1. The highest BCUT2D eigenvalue weighted by atomic mass is 19.2. The minimum Gasteiger partial charge on any atom is -0.377 e. The summed E-state index contributed by atoms with van der Waals surface area (Å²) in [6.45, 7) is 5.92. The van der Waals surface area contributed by atoms with Crippen molar-refractivity contribution >= 4 is 0 Å². The van der Waals surface area contributed by atoms with Gasteiger partial charge in [-0.25, -0.2) is 8.78 Å². The van der Waals surface area contributed by atoms with Crippen LogP contribution in [-0.2, 0) is 4.74 Å². The van der Waals surface area contributed by atoms with Crippen LogP contribution in [0.2, 0.25) is 0 Å². The molecule has 0 heterocycles. The zero-order valence-electron chi connectivity index (χ0n) is 12.6. The first-order chi connectivity index (χ1) is 9.45. The predicted molar refractivity (Wildman–Crippen MR) is 76.7 cm³/mol. The van der Waals surface area contributed by atoms with E-state index >= 15 is 0 Å². The summed E-state index contributed by atoms with van der Waals surface area (Å²) in [6.07, 6.45) is 0.198. The zero-order chi connectivity index (χ0) is 15.1. The minimum absolute atomic E-state index is 0.198. The molecule has 5 heteroatoms. The van der Waals surface area contributed by atoms with E-state index in [9.17, 15) is 8.78 Å². The fourth-order valence-electron chi connectivity index (χ4n) is 1.98. The normalized spacial score (nSPS) is 13.2. The molecular formula is C15H24F2N2O. The molecule has 0 amide bonds. The van der Waals surface area contributed by atoms with Crippen LogP contribution in [0.4, 0.5) is 8.78 Å². The number of likely N-dealkylation sites (N-methyl/N-ethyl adjacent to an activating group) is 2. The van der Waals surface area contributed by atoms with Crippen LogP contribution in [0.1, 0.15) is 25.5 Å². The van der Waals surface area contributed by atoms with E-state index in [4.69, 9.17) is 4.74 Å². The standard InChI is InChI=1S/C15H24F2N2O/c1-11(2)20-9-8-19(4)10-14(18-3)12-6-5-7-13(16)15(12)17/h5-7,11,14,18H,8-10H2,1-4H3. The summed E-state index contributed by atoms with van der Waals surface area (Å²) < 4.78 is 32.5. The quantitative estimate of drug-likeness (QED) is 0.795. The molecule has 3 nitrogen and oxygen atoms in total. The van der Waals surface area contributed by atoms with Gasteiger partial charge in [0.05, 0.1) is 12.7 Å². The highest BCUT2D eigenvalue weighted by Crippen LogP contribution is 2.19. The molecule has 1 unspecified atom stereocenters. The van der Waals surface area contributed by atoms with Gasteiger partial charge in [0.2, 0.25) is 0 Å². The molecule has 1 rings (SSSR count). The molecule has 0 aliphatic carbocycles. The highest BCUT2D eigenvalue weighted by Gasteiger charge is 2.18. The van der Waals surface area contributed by atoms with Crippen molar-refractivity contribution in [1.82, 2.24) is 10.2 Å². The number of ether oxygens (including phenoxy) is 1. The van der Waals surface area contributed by atoms with E-state index in [1.54, 1.807) is 13.1 Å². The van der Waals surface area contributed by atoms with Crippen LogP contribution in [0.3, 0.4) is 0 Å². The van der Waals surface area contributed by atoms with Gasteiger partial charge in [-0.1, -0.05) is 12.1 Å². The summed E-state index contributed by atoms with van der Waals surface area (Å²) in [5.41, 5.74) is 0.351. The number of nitrogens with zero attached hydrogens (tertiary/aromatic N) is 1. The summed E-state index contributed by atoms with van der Waals surface area (Å²) in [5.74, 6) is -1.59. The lowest BCUT2D eigenvalue weighted by molar-refractivity contribution is 0.0623. The zero-order valence-corrected chi connectivity index (χ0v) is 12.6. The maximum absolute atomic E-state index is 13.8. The summed E-state index contributed by atoms with van der Waals surface area (Å²) in [4.78, 5) is 2.04.